The third-order valence-corrected chi connectivity index (χ3v) is 6.19. The first-order valence-corrected chi connectivity index (χ1v) is 11.4. The number of carbonyl (C=O) groups is 2. The number of amides is 3. The summed E-state index contributed by atoms with van der Waals surface area (Å²) < 4.78 is 5.30. The Balaban J connectivity index is 1.66. The number of ether oxygens (including phenoxy) is 1. The van der Waals surface area contributed by atoms with Gasteiger partial charge in [0.05, 0.1) is 19.2 Å². The highest BCUT2D eigenvalue weighted by molar-refractivity contribution is 6.43. The summed E-state index contributed by atoms with van der Waals surface area (Å²) in [6.45, 7) is 1.97. The van der Waals surface area contributed by atoms with Crippen LogP contribution in [0.3, 0.4) is 0 Å². The molecule has 4 N–H and O–H groups in total. The van der Waals surface area contributed by atoms with E-state index < -0.39 is 19.1 Å². The van der Waals surface area contributed by atoms with Crippen LogP contribution in [0.1, 0.15) is 44.1 Å². The van der Waals surface area contributed by atoms with Crippen molar-refractivity contribution in [2.24, 2.45) is 5.92 Å². The summed E-state index contributed by atoms with van der Waals surface area (Å²) in [5, 5.41) is 25.3. The predicted octanol–water partition coefficient (Wildman–Crippen LogP) is 1.11. The molecule has 2 fully saturated rings. The molecule has 0 bridgehead atoms. The molecule has 1 saturated heterocycles. The van der Waals surface area contributed by atoms with E-state index >= 15 is 0 Å². The van der Waals surface area contributed by atoms with E-state index in [4.69, 9.17) is 4.74 Å². The van der Waals surface area contributed by atoms with Gasteiger partial charge in [0, 0.05) is 13.1 Å². The van der Waals surface area contributed by atoms with Gasteiger partial charge in [-0.25, -0.2) is 4.79 Å². The summed E-state index contributed by atoms with van der Waals surface area (Å²) in [4.78, 5) is 27.6. The maximum Gasteiger partial charge on any atom is 0.475 e. The molecule has 170 valence electrons. The topological polar surface area (TPSA) is 111 Å². The van der Waals surface area contributed by atoms with Gasteiger partial charge >= 0.3 is 13.1 Å². The van der Waals surface area contributed by atoms with Crippen molar-refractivity contribution in [3.05, 3.63) is 35.9 Å². The van der Waals surface area contributed by atoms with Crippen molar-refractivity contribution < 1.29 is 24.4 Å². The fourth-order valence-electron chi connectivity index (χ4n) is 4.38. The maximum absolute atomic E-state index is 13.1. The standard InChI is InChI=1S/C22H34BN3O5/c27-21(25-20(23(29)30)16-18-9-5-2-6-10-18)19(15-17-7-3-1-4-8-17)24-22(28)26-11-13-31-14-12-26/h2,5-6,9-10,17,19-20,29-30H,1,3-4,7-8,11-16H2,(H,24,28)(H,25,27). The van der Waals surface area contributed by atoms with Gasteiger partial charge in [-0.2, -0.15) is 0 Å². The smallest absolute Gasteiger partial charge is 0.426 e. The van der Waals surface area contributed by atoms with Crippen molar-refractivity contribution in [3.8, 4) is 0 Å². The minimum absolute atomic E-state index is 0.275. The van der Waals surface area contributed by atoms with Crippen LogP contribution in [-0.4, -0.2) is 72.3 Å². The average Bonchev–Trinajstić information content (AvgIpc) is 2.80. The Kier molecular flexibility index (Phi) is 9.18. The minimum Gasteiger partial charge on any atom is -0.426 e. The van der Waals surface area contributed by atoms with Gasteiger partial charge in [-0.3, -0.25) is 4.79 Å². The number of hydrogen-bond acceptors (Lipinski definition) is 5. The van der Waals surface area contributed by atoms with Crippen LogP contribution in [-0.2, 0) is 16.0 Å². The molecule has 8 nitrogen and oxygen atoms in total. The predicted molar refractivity (Wildman–Crippen MR) is 118 cm³/mol. The lowest BCUT2D eigenvalue weighted by atomic mass is 9.75. The van der Waals surface area contributed by atoms with E-state index in [0.717, 1.165) is 31.2 Å². The first-order valence-electron chi connectivity index (χ1n) is 11.4. The second-order valence-corrected chi connectivity index (χ2v) is 8.56. The van der Waals surface area contributed by atoms with Gasteiger partial charge in [-0.15, -0.1) is 0 Å². The van der Waals surface area contributed by atoms with Crippen LogP contribution < -0.4 is 10.6 Å². The highest BCUT2D eigenvalue weighted by atomic mass is 16.5. The number of morpholine rings is 1. The molecule has 3 rings (SSSR count). The number of urea groups is 1. The van der Waals surface area contributed by atoms with Crippen LogP contribution in [0.25, 0.3) is 0 Å². The molecule has 9 heteroatoms. The summed E-state index contributed by atoms with van der Waals surface area (Å²) in [7, 11) is -1.70. The molecule has 1 heterocycles. The Bertz CT molecular complexity index is 694. The Labute approximate surface area is 184 Å². The van der Waals surface area contributed by atoms with Crippen molar-refractivity contribution in [2.75, 3.05) is 26.3 Å². The summed E-state index contributed by atoms with van der Waals surface area (Å²) in [5.74, 6) is -0.855. The molecule has 0 aromatic heterocycles. The van der Waals surface area contributed by atoms with Gasteiger partial charge in [0.1, 0.15) is 6.04 Å². The Morgan fingerprint density at radius 1 is 1.06 bits per heavy atom. The van der Waals surface area contributed by atoms with Crippen LogP contribution in [0.4, 0.5) is 4.79 Å². The van der Waals surface area contributed by atoms with Gasteiger partial charge in [-0.1, -0.05) is 62.4 Å². The van der Waals surface area contributed by atoms with Crippen molar-refractivity contribution in [1.29, 1.82) is 0 Å². The van der Waals surface area contributed by atoms with Crippen LogP contribution in [0.2, 0.25) is 0 Å². The lowest BCUT2D eigenvalue weighted by Gasteiger charge is -2.31. The second-order valence-electron chi connectivity index (χ2n) is 8.56. The molecule has 2 atom stereocenters. The summed E-state index contributed by atoms with van der Waals surface area (Å²) in [6.07, 6.45) is 6.44. The molecule has 1 saturated carbocycles. The molecule has 0 radical (unpaired) electrons. The molecule has 1 aromatic rings. The molecule has 3 amide bonds. The van der Waals surface area contributed by atoms with Crippen LogP contribution >= 0.6 is 0 Å². The Morgan fingerprint density at radius 3 is 2.39 bits per heavy atom. The number of carbonyl (C=O) groups excluding carboxylic acids is 2. The van der Waals surface area contributed by atoms with E-state index in [2.05, 4.69) is 10.6 Å². The second kappa shape index (κ2) is 12.1. The summed E-state index contributed by atoms with van der Waals surface area (Å²) in [5.41, 5.74) is 0.891. The fourth-order valence-corrected chi connectivity index (χ4v) is 4.38. The van der Waals surface area contributed by atoms with Crippen LogP contribution in [0, 0.1) is 5.92 Å². The van der Waals surface area contributed by atoms with Crippen LogP contribution in [0.5, 0.6) is 0 Å². The van der Waals surface area contributed by atoms with Crippen molar-refractivity contribution in [2.45, 2.75) is 56.9 Å². The molecule has 2 unspecified atom stereocenters. The van der Waals surface area contributed by atoms with E-state index in [-0.39, 0.29) is 18.4 Å². The van der Waals surface area contributed by atoms with Crippen molar-refractivity contribution in [1.82, 2.24) is 15.5 Å². The first kappa shape index (κ1) is 23.6. The third-order valence-electron chi connectivity index (χ3n) is 6.19. The van der Waals surface area contributed by atoms with Crippen molar-refractivity contribution >= 4 is 19.1 Å². The molecule has 1 aliphatic heterocycles. The lowest BCUT2D eigenvalue weighted by Crippen LogP contribution is -2.57. The SMILES string of the molecule is O=C(NC(Cc1ccccc1)B(O)O)C(CC1CCCCC1)NC(=O)N1CCOCC1. The molecule has 1 aromatic carbocycles. The Hall–Kier alpha value is -2.10. The number of nitrogens with one attached hydrogen (secondary N) is 2. The normalized spacial score (nSPS) is 19.4. The monoisotopic (exact) mass is 431 g/mol. The lowest BCUT2D eigenvalue weighted by molar-refractivity contribution is -0.123. The van der Waals surface area contributed by atoms with E-state index in [1.165, 1.54) is 6.42 Å². The van der Waals surface area contributed by atoms with Gasteiger partial charge < -0.3 is 30.3 Å². The zero-order chi connectivity index (χ0) is 22.1. The molecule has 0 spiro atoms. The van der Waals surface area contributed by atoms with Gasteiger partial charge in [0.25, 0.3) is 0 Å². The number of benzene rings is 1. The largest absolute Gasteiger partial charge is 0.475 e. The maximum atomic E-state index is 13.1. The highest BCUT2D eigenvalue weighted by Gasteiger charge is 2.32. The zero-order valence-electron chi connectivity index (χ0n) is 18.0. The van der Waals surface area contributed by atoms with Crippen molar-refractivity contribution in [3.63, 3.8) is 0 Å². The molecular weight excluding hydrogens is 397 g/mol. The van der Waals surface area contributed by atoms with Crippen LogP contribution in [0.15, 0.2) is 30.3 Å². The van der Waals surface area contributed by atoms with Gasteiger partial charge in [0.2, 0.25) is 5.91 Å². The molecule has 1 aliphatic carbocycles. The molecular formula is C22H34BN3O5. The quantitative estimate of drug-likeness (QED) is 0.461. The third kappa shape index (κ3) is 7.52. The number of rotatable bonds is 8. The fraction of sp³-hybridized carbons (Fsp3) is 0.636. The number of nitrogens with zero attached hydrogens (tertiary/aromatic N) is 1. The Morgan fingerprint density at radius 2 is 1.74 bits per heavy atom. The highest BCUT2D eigenvalue weighted by Crippen LogP contribution is 2.27. The minimum atomic E-state index is -1.70. The zero-order valence-corrected chi connectivity index (χ0v) is 18.0. The van der Waals surface area contributed by atoms with E-state index in [0.29, 0.717) is 38.6 Å². The molecule has 31 heavy (non-hydrogen) atoms. The average molecular weight is 431 g/mol. The van der Waals surface area contributed by atoms with E-state index in [9.17, 15) is 19.6 Å². The number of hydrogen-bond donors (Lipinski definition) is 4. The van der Waals surface area contributed by atoms with Gasteiger partial charge in [-0.05, 0) is 24.3 Å². The van der Waals surface area contributed by atoms with E-state index in [1.54, 1.807) is 4.90 Å². The molecule has 2 aliphatic rings. The summed E-state index contributed by atoms with van der Waals surface area (Å²) in [6, 6.07) is 8.38. The van der Waals surface area contributed by atoms with Gasteiger partial charge in [0.15, 0.2) is 0 Å². The summed E-state index contributed by atoms with van der Waals surface area (Å²) >= 11 is 0. The first-order chi connectivity index (χ1) is 15.0. The van der Waals surface area contributed by atoms with E-state index in [1.807, 2.05) is 30.3 Å².